The molecule has 138 valence electrons. The lowest BCUT2D eigenvalue weighted by Crippen LogP contribution is -2.50. The van der Waals surface area contributed by atoms with Gasteiger partial charge in [0, 0.05) is 42.6 Å². The van der Waals surface area contributed by atoms with Gasteiger partial charge in [0.25, 0.3) is 11.8 Å². The standard InChI is InChI=1S/C22H23N3O2/c1-15-7-3-4-8-17(15)21(26)24-11-13-25(14-12-24)22(27)20-16(2)18-9-5-6-10-19(18)23-20/h3-10,23H,11-14H2,1-2H3. The summed E-state index contributed by atoms with van der Waals surface area (Å²) in [5.74, 6) is 0.0497. The number of aryl methyl sites for hydroxylation is 2. The van der Waals surface area contributed by atoms with Crippen molar-refractivity contribution in [2.75, 3.05) is 26.2 Å². The summed E-state index contributed by atoms with van der Waals surface area (Å²) in [7, 11) is 0. The molecule has 1 saturated heterocycles. The number of carbonyl (C=O) groups is 2. The predicted molar refractivity (Wildman–Crippen MR) is 106 cm³/mol. The van der Waals surface area contributed by atoms with E-state index in [1.807, 2.05) is 72.2 Å². The Balaban J connectivity index is 1.47. The number of para-hydroxylation sites is 1. The summed E-state index contributed by atoms with van der Waals surface area (Å²) in [6.45, 7) is 6.13. The number of hydrogen-bond acceptors (Lipinski definition) is 2. The minimum Gasteiger partial charge on any atom is -0.350 e. The van der Waals surface area contributed by atoms with Gasteiger partial charge >= 0.3 is 0 Å². The minimum absolute atomic E-state index is 0.00620. The second kappa shape index (κ2) is 6.91. The van der Waals surface area contributed by atoms with Crippen LogP contribution in [0.25, 0.3) is 10.9 Å². The molecule has 2 heterocycles. The molecule has 1 aliphatic rings. The number of aromatic nitrogens is 1. The molecular formula is C22H23N3O2. The maximum absolute atomic E-state index is 13.0. The lowest BCUT2D eigenvalue weighted by atomic mass is 10.1. The molecule has 0 radical (unpaired) electrons. The Kier molecular flexibility index (Phi) is 4.44. The fourth-order valence-corrected chi connectivity index (χ4v) is 3.75. The number of aromatic amines is 1. The van der Waals surface area contributed by atoms with E-state index in [2.05, 4.69) is 4.98 Å². The number of benzene rings is 2. The van der Waals surface area contributed by atoms with E-state index in [0.29, 0.717) is 31.9 Å². The number of nitrogens with one attached hydrogen (secondary N) is 1. The number of H-pyrrole nitrogens is 1. The van der Waals surface area contributed by atoms with Crippen LogP contribution in [0, 0.1) is 13.8 Å². The van der Waals surface area contributed by atoms with Crippen LogP contribution in [0.1, 0.15) is 32.0 Å². The predicted octanol–water partition coefficient (Wildman–Crippen LogP) is 3.38. The van der Waals surface area contributed by atoms with Crippen LogP contribution in [-0.2, 0) is 0 Å². The molecule has 2 amide bonds. The molecule has 1 aromatic heterocycles. The quantitative estimate of drug-likeness (QED) is 0.761. The zero-order valence-corrected chi connectivity index (χ0v) is 15.7. The Labute approximate surface area is 158 Å². The largest absolute Gasteiger partial charge is 0.350 e. The highest BCUT2D eigenvalue weighted by atomic mass is 16.2. The van der Waals surface area contributed by atoms with E-state index >= 15 is 0 Å². The van der Waals surface area contributed by atoms with Crippen molar-refractivity contribution in [2.24, 2.45) is 0 Å². The molecule has 2 aromatic carbocycles. The second-order valence-corrected chi connectivity index (χ2v) is 7.07. The van der Waals surface area contributed by atoms with Crippen molar-refractivity contribution in [1.29, 1.82) is 0 Å². The molecule has 27 heavy (non-hydrogen) atoms. The van der Waals surface area contributed by atoms with Crippen LogP contribution in [0.4, 0.5) is 0 Å². The smallest absolute Gasteiger partial charge is 0.270 e. The Hall–Kier alpha value is -3.08. The summed E-state index contributed by atoms with van der Waals surface area (Å²) in [6.07, 6.45) is 0. The first kappa shape index (κ1) is 17.3. The maximum Gasteiger partial charge on any atom is 0.270 e. The minimum atomic E-state index is 0.00620. The van der Waals surface area contributed by atoms with Gasteiger partial charge in [0.1, 0.15) is 5.69 Å². The molecule has 0 spiro atoms. The summed E-state index contributed by atoms with van der Waals surface area (Å²) in [4.78, 5) is 32.7. The van der Waals surface area contributed by atoms with Gasteiger partial charge in [0.15, 0.2) is 0 Å². The maximum atomic E-state index is 13.0. The van der Waals surface area contributed by atoms with Gasteiger partial charge in [-0.05, 0) is 37.1 Å². The monoisotopic (exact) mass is 361 g/mol. The van der Waals surface area contributed by atoms with Crippen LogP contribution >= 0.6 is 0 Å². The summed E-state index contributed by atoms with van der Waals surface area (Å²) >= 11 is 0. The van der Waals surface area contributed by atoms with Crippen molar-refractivity contribution in [1.82, 2.24) is 14.8 Å². The van der Waals surface area contributed by atoms with Gasteiger partial charge in [0.05, 0.1) is 0 Å². The Morgan fingerprint density at radius 2 is 1.41 bits per heavy atom. The van der Waals surface area contributed by atoms with Gasteiger partial charge < -0.3 is 14.8 Å². The van der Waals surface area contributed by atoms with E-state index in [-0.39, 0.29) is 11.8 Å². The highest BCUT2D eigenvalue weighted by molar-refractivity contribution is 6.01. The molecular weight excluding hydrogens is 338 g/mol. The third-order valence-electron chi connectivity index (χ3n) is 5.41. The Morgan fingerprint density at radius 3 is 2.07 bits per heavy atom. The summed E-state index contributed by atoms with van der Waals surface area (Å²) in [5, 5.41) is 1.08. The van der Waals surface area contributed by atoms with Crippen molar-refractivity contribution in [3.05, 3.63) is 70.9 Å². The zero-order valence-electron chi connectivity index (χ0n) is 15.7. The highest BCUT2D eigenvalue weighted by Crippen LogP contribution is 2.23. The first-order valence-electron chi connectivity index (χ1n) is 9.28. The second-order valence-electron chi connectivity index (χ2n) is 7.07. The van der Waals surface area contributed by atoms with Crippen molar-refractivity contribution < 1.29 is 9.59 Å². The van der Waals surface area contributed by atoms with Gasteiger partial charge in [-0.2, -0.15) is 0 Å². The molecule has 1 aliphatic heterocycles. The van der Waals surface area contributed by atoms with E-state index in [1.165, 1.54) is 0 Å². The first-order chi connectivity index (χ1) is 13.1. The number of fused-ring (bicyclic) bond motifs is 1. The van der Waals surface area contributed by atoms with E-state index in [1.54, 1.807) is 0 Å². The van der Waals surface area contributed by atoms with Gasteiger partial charge in [-0.3, -0.25) is 9.59 Å². The number of amides is 2. The average Bonchev–Trinajstić information content (AvgIpc) is 3.04. The molecule has 0 unspecified atom stereocenters. The van der Waals surface area contributed by atoms with Crippen molar-refractivity contribution in [3.8, 4) is 0 Å². The number of piperazine rings is 1. The van der Waals surface area contributed by atoms with Crippen molar-refractivity contribution >= 4 is 22.7 Å². The number of carbonyl (C=O) groups excluding carboxylic acids is 2. The molecule has 0 bridgehead atoms. The molecule has 5 nitrogen and oxygen atoms in total. The number of hydrogen-bond donors (Lipinski definition) is 1. The van der Waals surface area contributed by atoms with Crippen LogP contribution in [0.3, 0.4) is 0 Å². The van der Waals surface area contributed by atoms with Crippen LogP contribution < -0.4 is 0 Å². The van der Waals surface area contributed by atoms with Crippen LogP contribution in [-0.4, -0.2) is 52.8 Å². The van der Waals surface area contributed by atoms with E-state index < -0.39 is 0 Å². The highest BCUT2D eigenvalue weighted by Gasteiger charge is 2.27. The van der Waals surface area contributed by atoms with Crippen molar-refractivity contribution in [3.63, 3.8) is 0 Å². The third kappa shape index (κ3) is 3.10. The lowest BCUT2D eigenvalue weighted by Gasteiger charge is -2.35. The summed E-state index contributed by atoms with van der Waals surface area (Å²) in [6, 6.07) is 15.6. The number of rotatable bonds is 2. The van der Waals surface area contributed by atoms with Gasteiger partial charge in [-0.1, -0.05) is 36.4 Å². The van der Waals surface area contributed by atoms with E-state index in [4.69, 9.17) is 0 Å². The molecule has 3 aromatic rings. The van der Waals surface area contributed by atoms with Crippen molar-refractivity contribution in [2.45, 2.75) is 13.8 Å². The zero-order chi connectivity index (χ0) is 19.0. The van der Waals surface area contributed by atoms with Gasteiger partial charge in [0.2, 0.25) is 0 Å². The lowest BCUT2D eigenvalue weighted by molar-refractivity contribution is 0.0532. The Bertz CT molecular complexity index is 1010. The molecule has 1 fully saturated rings. The van der Waals surface area contributed by atoms with Crippen LogP contribution in [0.2, 0.25) is 0 Å². The van der Waals surface area contributed by atoms with Crippen LogP contribution in [0.5, 0.6) is 0 Å². The average molecular weight is 361 g/mol. The van der Waals surface area contributed by atoms with Gasteiger partial charge in [-0.25, -0.2) is 0 Å². The molecule has 1 N–H and O–H groups in total. The molecule has 0 aliphatic carbocycles. The van der Waals surface area contributed by atoms with Gasteiger partial charge in [-0.15, -0.1) is 0 Å². The normalized spacial score (nSPS) is 14.6. The molecule has 0 saturated carbocycles. The Morgan fingerprint density at radius 1 is 0.815 bits per heavy atom. The fourth-order valence-electron chi connectivity index (χ4n) is 3.75. The summed E-state index contributed by atoms with van der Waals surface area (Å²) in [5.41, 5.74) is 4.33. The molecule has 0 atom stereocenters. The first-order valence-corrected chi connectivity index (χ1v) is 9.28. The molecule has 5 heteroatoms. The fraction of sp³-hybridized carbons (Fsp3) is 0.273. The summed E-state index contributed by atoms with van der Waals surface area (Å²) < 4.78 is 0. The molecule has 4 rings (SSSR count). The third-order valence-corrected chi connectivity index (χ3v) is 5.41. The SMILES string of the molecule is Cc1ccccc1C(=O)N1CCN(C(=O)c2[nH]c3ccccc3c2C)CC1. The number of nitrogens with zero attached hydrogens (tertiary/aromatic N) is 2. The van der Waals surface area contributed by atoms with Crippen LogP contribution in [0.15, 0.2) is 48.5 Å². The van der Waals surface area contributed by atoms with E-state index in [9.17, 15) is 9.59 Å². The van der Waals surface area contributed by atoms with E-state index in [0.717, 1.165) is 27.6 Å². The topological polar surface area (TPSA) is 56.4 Å².